The lowest BCUT2D eigenvalue weighted by Gasteiger charge is -2.35. The van der Waals surface area contributed by atoms with E-state index in [1.165, 1.54) is 7.11 Å². The van der Waals surface area contributed by atoms with E-state index in [1.807, 2.05) is 124 Å². The molecule has 3 N–H and O–H groups in total. The van der Waals surface area contributed by atoms with Gasteiger partial charge >= 0.3 is 12.2 Å². The Morgan fingerprint density at radius 2 is 1.41 bits per heavy atom. The number of methoxy groups -OCH3 is 1. The van der Waals surface area contributed by atoms with Crippen LogP contribution in [0, 0.1) is 5.41 Å². The maximum atomic E-state index is 14.0. The summed E-state index contributed by atoms with van der Waals surface area (Å²) >= 11 is 0. The summed E-state index contributed by atoms with van der Waals surface area (Å²) in [4.78, 5) is 57.2. The molecule has 0 saturated heterocycles. The monoisotopic (exact) mass is 665 g/mol. The molecule has 0 bridgehead atoms. The molecule has 4 rings (SSSR count). The minimum Gasteiger partial charge on any atom is -0.453 e. The molecule has 0 spiro atoms. The van der Waals surface area contributed by atoms with E-state index in [9.17, 15) is 19.2 Å². The second-order valence-corrected chi connectivity index (χ2v) is 12.5. The number of Topliss-reactive ketones (excluding diaryl/α,β-unsaturated/α-hetero) is 1. The summed E-state index contributed by atoms with van der Waals surface area (Å²) in [6.07, 6.45) is 0.435. The van der Waals surface area contributed by atoms with Crippen molar-refractivity contribution in [1.82, 2.24) is 26.1 Å². The average molecular weight is 666 g/mol. The zero-order chi connectivity index (χ0) is 35.2. The molecule has 0 saturated carbocycles. The van der Waals surface area contributed by atoms with Crippen molar-refractivity contribution in [2.24, 2.45) is 5.41 Å². The van der Waals surface area contributed by atoms with Gasteiger partial charge in [-0.05, 0) is 40.7 Å². The van der Waals surface area contributed by atoms with Crippen molar-refractivity contribution in [1.29, 1.82) is 0 Å². The number of carbonyl (C=O) groups is 4. The highest BCUT2D eigenvalue weighted by Crippen LogP contribution is 2.22. The van der Waals surface area contributed by atoms with Crippen molar-refractivity contribution in [3.05, 3.63) is 126 Å². The minimum atomic E-state index is -1.01. The fraction of sp³-hybridized carbons (Fsp3) is 0.289. The Hall–Kier alpha value is -5.55. The number of nitrogens with zero attached hydrogens (tertiary/aromatic N) is 2. The maximum Gasteiger partial charge on any atom is 0.407 e. The van der Waals surface area contributed by atoms with Crippen LogP contribution in [-0.4, -0.2) is 59.6 Å². The summed E-state index contributed by atoms with van der Waals surface area (Å²) in [5, 5.41) is 6.75. The number of pyridine rings is 1. The van der Waals surface area contributed by atoms with E-state index < -0.39 is 35.6 Å². The van der Waals surface area contributed by atoms with E-state index in [4.69, 9.17) is 9.47 Å². The van der Waals surface area contributed by atoms with Crippen molar-refractivity contribution in [2.75, 3.05) is 13.7 Å². The fourth-order valence-electron chi connectivity index (χ4n) is 5.08. The number of benzene rings is 3. The third-order valence-electron chi connectivity index (χ3n) is 7.74. The number of rotatable bonds is 14. The molecular formula is C38H43N5O6. The highest BCUT2D eigenvalue weighted by molar-refractivity contribution is 5.90. The molecule has 4 aromatic rings. The van der Waals surface area contributed by atoms with Crippen LogP contribution in [0.3, 0.4) is 0 Å². The maximum absolute atomic E-state index is 14.0. The molecule has 3 amide bonds. The van der Waals surface area contributed by atoms with Gasteiger partial charge in [0.2, 0.25) is 0 Å². The molecule has 1 heterocycles. The second-order valence-electron chi connectivity index (χ2n) is 12.5. The molecule has 11 nitrogen and oxygen atoms in total. The molecule has 3 aromatic carbocycles. The van der Waals surface area contributed by atoms with Crippen LogP contribution in [0.1, 0.15) is 37.5 Å². The van der Waals surface area contributed by atoms with E-state index in [0.29, 0.717) is 0 Å². The minimum absolute atomic E-state index is 0.0480. The van der Waals surface area contributed by atoms with E-state index in [-0.39, 0.29) is 31.9 Å². The number of hydrazine groups is 1. The number of ketones is 1. The topological polar surface area (TPSA) is 139 Å². The highest BCUT2D eigenvalue weighted by Gasteiger charge is 2.36. The summed E-state index contributed by atoms with van der Waals surface area (Å²) < 4.78 is 10.1. The van der Waals surface area contributed by atoms with Gasteiger partial charge in [0, 0.05) is 18.3 Å². The Labute approximate surface area is 287 Å². The van der Waals surface area contributed by atoms with Gasteiger partial charge in [0.15, 0.2) is 5.78 Å². The SMILES string of the molecule is COC(=O)NC(C(=O)NN(Cc1ccc(-c2ccccn2)cc1)C(Cc1ccccc1)C(=O)CNC(=O)OCc1ccccc1)C(C)(C)C. The van der Waals surface area contributed by atoms with Crippen molar-refractivity contribution in [3.63, 3.8) is 0 Å². The Morgan fingerprint density at radius 1 is 0.776 bits per heavy atom. The van der Waals surface area contributed by atoms with Gasteiger partial charge in [0.05, 0.1) is 25.4 Å². The molecule has 2 unspecified atom stereocenters. The van der Waals surface area contributed by atoms with Gasteiger partial charge in [0.1, 0.15) is 12.6 Å². The third-order valence-corrected chi connectivity index (χ3v) is 7.74. The van der Waals surface area contributed by atoms with Gasteiger partial charge in [0.25, 0.3) is 5.91 Å². The summed E-state index contributed by atoms with van der Waals surface area (Å²) in [5.74, 6) is -0.900. The number of aromatic nitrogens is 1. The van der Waals surface area contributed by atoms with E-state index >= 15 is 0 Å². The van der Waals surface area contributed by atoms with Crippen molar-refractivity contribution < 1.29 is 28.7 Å². The van der Waals surface area contributed by atoms with Crippen molar-refractivity contribution in [2.45, 2.75) is 52.4 Å². The second kappa shape index (κ2) is 17.6. The Balaban J connectivity index is 1.62. The van der Waals surface area contributed by atoms with Crippen LogP contribution < -0.4 is 16.1 Å². The van der Waals surface area contributed by atoms with Crippen LogP contribution in [-0.2, 0) is 38.6 Å². The zero-order valence-corrected chi connectivity index (χ0v) is 28.2. The van der Waals surface area contributed by atoms with Crippen LogP contribution in [0.2, 0.25) is 0 Å². The van der Waals surface area contributed by atoms with Crippen molar-refractivity contribution >= 4 is 23.9 Å². The predicted octanol–water partition coefficient (Wildman–Crippen LogP) is 5.46. The first-order chi connectivity index (χ1) is 23.5. The van der Waals surface area contributed by atoms with E-state index in [1.54, 1.807) is 11.2 Å². The van der Waals surface area contributed by atoms with E-state index in [0.717, 1.165) is 27.9 Å². The lowest BCUT2D eigenvalue weighted by molar-refractivity contribution is -0.135. The zero-order valence-electron chi connectivity index (χ0n) is 28.2. The number of carbonyl (C=O) groups excluding carboxylic acids is 4. The lowest BCUT2D eigenvalue weighted by atomic mass is 9.86. The fourth-order valence-corrected chi connectivity index (χ4v) is 5.08. The molecule has 0 aliphatic heterocycles. The number of nitrogens with one attached hydrogen (secondary N) is 3. The summed E-state index contributed by atoms with van der Waals surface area (Å²) in [7, 11) is 1.22. The van der Waals surface area contributed by atoms with Gasteiger partial charge in [-0.3, -0.25) is 20.0 Å². The highest BCUT2D eigenvalue weighted by atomic mass is 16.5. The normalized spacial score (nSPS) is 12.3. The molecule has 2 atom stereocenters. The Bertz CT molecular complexity index is 1660. The first kappa shape index (κ1) is 36.3. The third kappa shape index (κ3) is 11.3. The van der Waals surface area contributed by atoms with Crippen LogP contribution in [0.5, 0.6) is 0 Å². The largest absolute Gasteiger partial charge is 0.453 e. The quantitative estimate of drug-likeness (QED) is 0.151. The Kier molecular flexibility index (Phi) is 13.0. The molecule has 11 heteroatoms. The molecule has 0 radical (unpaired) electrons. The van der Waals surface area contributed by atoms with Crippen LogP contribution in [0.25, 0.3) is 11.3 Å². The molecule has 0 fully saturated rings. The number of hydrogen-bond acceptors (Lipinski definition) is 8. The summed E-state index contributed by atoms with van der Waals surface area (Å²) in [6.45, 7) is 5.26. The molecule has 0 aliphatic carbocycles. The van der Waals surface area contributed by atoms with Gasteiger partial charge in [-0.2, -0.15) is 0 Å². The molecule has 256 valence electrons. The van der Waals surface area contributed by atoms with Crippen LogP contribution in [0.15, 0.2) is 109 Å². The predicted molar refractivity (Wildman–Crippen MR) is 186 cm³/mol. The van der Waals surface area contributed by atoms with Gasteiger partial charge in [-0.15, -0.1) is 0 Å². The smallest absolute Gasteiger partial charge is 0.407 e. The number of ether oxygens (including phenoxy) is 2. The lowest BCUT2D eigenvalue weighted by Crippen LogP contribution is -2.60. The molecule has 1 aromatic heterocycles. The van der Waals surface area contributed by atoms with Gasteiger partial charge in [-0.1, -0.05) is 112 Å². The Morgan fingerprint density at radius 3 is 2.00 bits per heavy atom. The number of amides is 3. The first-order valence-corrected chi connectivity index (χ1v) is 16.0. The summed E-state index contributed by atoms with van der Waals surface area (Å²) in [5.41, 5.74) is 6.39. The molecule has 49 heavy (non-hydrogen) atoms. The number of alkyl carbamates (subject to hydrolysis) is 2. The van der Waals surface area contributed by atoms with Gasteiger partial charge in [-0.25, -0.2) is 14.6 Å². The first-order valence-electron chi connectivity index (χ1n) is 16.0. The molecule has 0 aliphatic rings. The van der Waals surface area contributed by atoms with Crippen LogP contribution in [0.4, 0.5) is 9.59 Å². The molecular weight excluding hydrogens is 622 g/mol. The standard InChI is InChI=1S/C38H43N5O6/c1-38(2,3)34(41-37(47)48-4)35(45)42-43(25-28-18-20-30(21-19-28)31-17-11-12-22-39-31)32(23-27-13-7-5-8-14-27)33(44)24-40-36(46)49-26-29-15-9-6-10-16-29/h5-22,32,34H,23-26H2,1-4H3,(H,40,46)(H,41,47)(H,42,45). The van der Waals surface area contributed by atoms with Crippen molar-refractivity contribution in [3.8, 4) is 11.3 Å². The van der Waals surface area contributed by atoms with E-state index in [2.05, 4.69) is 21.0 Å². The number of hydrogen-bond donors (Lipinski definition) is 3. The van der Waals surface area contributed by atoms with Gasteiger partial charge < -0.3 is 20.1 Å². The summed E-state index contributed by atoms with van der Waals surface area (Å²) in [6, 6.07) is 30.0. The average Bonchev–Trinajstić information content (AvgIpc) is 3.11. The van der Waals surface area contributed by atoms with Crippen LogP contribution >= 0.6 is 0 Å².